The number of rotatable bonds is 9. The van der Waals surface area contributed by atoms with E-state index in [-0.39, 0.29) is 5.75 Å². The van der Waals surface area contributed by atoms with Crippen molar-refractivity contribution in [1.29, 1.82) is 0 Å². The Morgan fingerprint density at radius 1 is 0.895 bits per heavy atom. The van der Waals surface area contributed by atoms with Crippen molar-refractivity contribution >= 4 is 34.0 Å². The van der Waals surface area contributed by atoms with Crippen LogP contribution in [-0.4, -0.2) is 29.8 Å². The Labute approximate surface area is 228 Å². The first kappa shape index (κ1) is 26.8. The molecule has 0 saturated heterocycles. The van der Waals surface area contributed by atoms with Crippen molar-refractivity contribution in [3.63, 3.8) is 0 Å². The van der Waals surface area contributed by atoms with Gasteiger partial charge >= 0.3 is 5.97 Å². The van der Waals surface area contributed by atoms with Crippen molar-refractivity contribution in [2.24, 2.45) is 5.10 Å². The zero-order chi connectivity index (χ0) is 27.0. The van der Waals surface area contributed by atoms with Gasteiger partial charge in [-0.3, -0.25) is 4.79 Å². The highest BCUT2D eigenvalue weighted by molar-refractivity contribution is 9.10. The van der Waals surface area contributed by atoms with Gasteiger partial charge in [0.2, 0.25) is 0 Å². The fraction of sp³-hybridized carbons (Fsp3) is 0.100. The molecule has 0 aliphatic rings. The van der Waals surface area contributed by atoms with Gasteiger partial charge in [-0.25, -0.2) is 10.2 Å². The summed E-state index contributed by atoms with van der Waals surface area (Å²) >= 11 is 3.34. The van der Waals surface area contributed by atoms with Crippen molar-refractivity contribution in [1.82, 2.24) is 5.43 Å². The summed E-state index contributed by atoms with van der Waals surface area (Å²) in [7, 11) is 0. The first-order chi connectivity index (χ1) is 18.4. The van der Waals surface area contributed by atoms with Crippen LogP contribution >= 0.6 is 15.9 Å². The lowest BCUT2D eigenvalue weighted by atomic mass is 9.85. The predicted molar refractivity (Wildman–Crippen MR) is 148 cm³/mol. The van der Waals surface area contributed by atoms with Gasteiger partial charge in [-0.15, -0.1) is 0 Å². The van der Waals surface area contributed by atoms with Crippen molar-refractivity contribution in [3.8, 4) is 11.5 Å². The maximum absolute atomic E-state index is 13.2. The number of hydrogen-bond acceptors (Lipinski definition) is 6. The number of nitrogens with one attached hydrogen (secondary N) is 1. The minimum Gasteiger partial charge on any atom is -0.490 e. The summed E-state index contributed by atoms with van der Waals surface area (Å²) in [6.07, 6.45) is 1.41. The third-order valence-corrected chi connectivity index (χ3v) is 6.17. The number of ether oxygens (including phenoxy) is 2. The molecular weight excluding hydrogens is 548 g/mol. The van der Waals surface area contributed by atoms with Gasteiger partial charge in [0.25, 0.3) is 5.91 Å². The van der Waals surface area contributed by atoms with E-state index >= 15 is 0 Å². The van der Waals surface area contributed by atoms with Gasteiger partial charge in [0.1, 0.15) is 0 Å². The summed E-state index contributed by atoms with van der Waals surface area (Å²) in [6.45, 7) is 2.16. The molecule has 1 amide bonds. The Hall–Kier alpha value is -4.27. The molecule has 0 radical (unpaired) electrons. The summed E-state index contributed by atoms with van der Waals surface area (Å²) in [5.41, 5.74) is 2.30. The van der Waals surface area contributed by atoms with Crippen LogP contribution in [0.25, 0.3) is 0 Å². The molecule has 8 heteroatoms. The number of nitrogens with zero attached hydrogens (tertiary/aromatic N) is 1. The van der Waals surface area contributed by atoms with E-state index in [0.29, 0.717) is 34.6 Å². The van der Waals surface area contributed by atoms with Crippen LogP contribution in [0.3, 0.4) is 0 Å². The van der Waals surface area contributed by atoms with Gasteiger partial charge in [-0.05, 0) is 66.1 Å². The first-order valence-corrected chi connectivity index (χ1v) is 12.6. The summed E-state index contributed by atoms with van der Waals surface area (Å²) < 4.78 is 12.0. The zero-order valence-corrected chi connectivity index (χ0v) is 22.1. The van der Waals surface area contributed by atoms with Crippen LogP contribution in [0.1, 0.15) is 34.0 Å². The summed E-state index contributed by atoms with van der Waals surface area (Å²) in [6, 6.07) is 29.1. The molecule has 0 spiro atoms. The molecule has 192 valence electrons. The average molecular weight is 573 g/mol. The summed E-state index contributed by atoms with van der Waals surface area (Å²) in [5, 5.41) is 15.6. The molecule has 0 atom stereocenters. The molecule has 0 bridgehead atoms. The number of carbonyl (C=O) groups is 2. The summed E-state index contributed by atoms with van der Waals surface area (Å²) in [5.74, 6) is -0.633. The van der Waals surface area contributed by atoms with Gasteiger partial charge in [0, 0.05) is 4.47 Å². The number of hydrogen-bond donors (Lipinski definition) is 2. The Balaban J connectivity index is 1.52. The normalized spacial score (nSPS) is 11.2. The third kappa shape index (κ3) is 6.16. The van der Waals surface area contributed by atoms with Crippen LogP contribution in [0.5, 0.6) is 11.5 Å². The van der Waals surface area contributed by atoms with E-state index in [0.717, 1.165) is 4.47 Å². The van der Waals surface area contributed by atoms with E-state index in [9.17, 15) is 14.7 Å². The molecule has 38 heavy (non-hydrogen) atoms. The van der Waals surface area contributed by atoms with E-state index in [4.69, 9.17) is 9.47 Å². The molecule has 0 aliphatic carbocycles. The highest BCUT2D eigenvalue weighted by atomic mass is 79.9. The molecule has 0 unspecified atom stereocenters. The lowest BCUT2D eigenvalue weighted by Crippen LogP contribution is -2.43. The molecular formula is C30H25BrN2O5. The second kappa shape index (κ2) is 12.3. The molecule has 0 aliphatic heterocycles. The number of hydrazone groups is 1. The number of carbonyl (C=O) groups excluding carboxylic acids is 2. The number of aliphatic hydroxyl groups is 1. The van der Waals surface area contributed by atoms with Gasteiger partial charge < -0.3 is 14.6 Å². The fourth-order valence-electron chi connectivity index (χ4n) is 3.74. The van der Waals surface area contributed by atoms with E-state index in [1.807, 2.05) is 6.92 Å². The monoisotopic (exact) mass is 572 g/mol. The van der Waals surface area contributed by atoms with Gasteiger partial charge in [-0.1, -0.05) is 76.6 Å². The molecule has 4 aromatic rings. The number of benzene rings is 4. The van der Waals surface area contributed by atoms with E-state index in [1.54, 1.807) is 103 Å². The second-order valence-electron chi connectivity index (χ2n) is 8.18. The van der Waals surface area contributed by atoms with Crippen LogP contribution in [0.15, 0.2) is 113 Å². The molecule has 0 fully saturated rings. The Morgan fingerprint density at radius 3 is 2.08 bits per heavy atom. The second-order valence-corrected chi connectivity index (χ2v) is 9.09. The molecule has 2 N–H and O–H groups in total. The van der Waals surface area contributed by atoms with Crippen LogP contribution < -0.4 is 14.9 Å². The number of amides is 1. The third-order valence-electron chi connectivity index (χ3n) is 5.64. The van der Waals surface area contributed by atoms with Crippen LogP contribution in [-0.2, 0) is 10.4 Å². The van der Waals surface area contributed by atoms with Crippen molar-refractivity contribution in [2.45, 2.75) is 12.5 Å². The standard InChI is InChI=1S/C30H25BrN2O5/c1-2-37-27-19-21(13-18-26(27)38-28(34)22-14-16-25(31)17-15-22)20-32-33-29(35)30(36,23-9-5-3-6-10-23)24-11-7-4-8-12-24/h3-20,36H,2H2,1H3,(H,33,35)/b32-20-. The molecule has 0 heterocycles. The maximum atomic E-state index is 13.2. The Morgan fingerprint density at radius 2 is 1.50 bits per heavy atom. The lowest BCUT2D eigenvalue weighted by molar-refractivity contribution is -0.136. The van der Waals surface area contributed by atoms with E-state index in [1.165, 1.54) is 6.21 Å². The van der Waals surface area contributed by atoms with Crippen molar-refractivity contribution < 1.29 is 24.2 Å². The van der Waals surface area contributed by atoms with Crippen molar-refractivity contribution in [3.05, 3.63) is 130 Å². The summed E-state index contributed by atoms with van der Waals surface area (Å²) in [4.78, 5) is 25.7. The Kier molecular flexibility index (Phi) is 8.68. The van der Waals surface area contributed by atoms with Crippen LogP contribution in [0.2, 0.25) is 0 Å². The fourth-order valence-corrected chi connectivity index (χ4v) is 4.00. The lowest BCUT2D eigenvalue weighted by Gasteiger charge is -2.27. The van der Waals surface area contributed by atoms with Crippen molar-refractivity contribution in [2.75, 3.05) is 6.61 Å². The Bertz CT molecular complexity index is 1380. The smallest absolute Gasteiger partial charge is 0.343 e. The van der Waals surface area contributed by atoms with E-state index in [2.05, 4.69) is 26.5 Å². The number of esters is 1. The highest BCUT2D eigenvalue weighted by Crippen LogP contribution is 2.31. The molecule has 7 nitrogen and oxygen atoms in total. The molecule has 4 rings (SSSR count). The van der Waals surface area contributed by atoms with Gasteiger partial charge in [0.15, 0.2) is 17.1 Å². The van der Waals surface area contributed by atoms with E-state index < -0.39 is 17.5 Å². The van der Waals surface area contributed by atoms with Gasteiger partial charge in [0.05, 0.1) is 18.4 Å². The first-order valence-electron chi connectivity index (χ1n) is 11.8. The quantitative estimate of drug-likeness (QED) is 0.120. The minimum absolute atomic E-state index is 0.253. The zero-order valence-electron chi connectivity index (χ0n) is 20.5. The molecule has 4 aromatic carbocycles. The highest BCUT2D eigenvalue weighted by Gasteiger charge is 2.39. The van der Waals surface area contributed by atoms with Crippen LogP contribution in [0.4, 0.5) is 0 Å². The molecule has 0 aromatic heterocycles. The largest absolute Gasteiger partial charge is 0.490 e. The minimum atomic E-state index is -1.94. The SMILES string of the molecule is CCOc1cc(/C=N\NC(=O)C(O)(c2ccccc2)c2ccccc2)ccc1OC(=O)c1ccc(Br)cc1. The topological polar surface area (TPSA) is 97.2 Å². The average Bonchev–Trinajstić information content (AvgIpc) is 2.95. The van der Waals surface area contributed by atoms with Gasteiger partial charge in [-0.2, -0.15) is 5.10 Å². The number of halogens is 1. The predicted octanol–water partition coefficient (Wildman–Crippen LogP) is 5.45. The maximum Gasteiger partial charge on any atom is 0.343 e. The molecule has 0 saturated carbocycles. The van der Waals surface area contributed by atoms with Crippen LogP contribution in [0, 0.1) is 0 Å².